The predicted molar refractivity (Wildman–Crippen MR) is 96.6 cm³/mol. The van der Waals surface area contributed by atoms with Gasteiger partial charge in [-0.3, -0.25) is 24.4 Å². The van der Waals surface area contributed by atoms with Gasteiger partial charge in [-0.1, -0.05) is 6.92 Å². The maximum atomic E-state index is 12.7. The fraction of sp³-hybridized carbons (Fsp3) is 0.438. The van der Waals surface area contributed by atoms with E-state index in [1.54, 1.807) is 0 Å². The van der Waals surface area contributed by atoms with Gasteiger partial charge in [-0.15, -0.1) is 11.3 Å². The minimum atomic E-state index is -0.686. The van der Waals surface area contributed by atoms with E-state index < -0.39 is 16.7 Å². The third-order valence-electron chi connectivity index (χ3n) is 4.57. The lowest BCUT2D eigenvalue weighted by atomic mass is 9.88. The highest BCUT2D eigenvalue weighted by atomic mass is 32.1. The Labute approximate surface area is 153 Å². The molecule has 0 fully saturated rings. The first-order valence-corrected chi connectivity index (χ1v) is 8.96. The third kappa shape index (κ3) is 2.96. The fourth-order valence-corrected chi connectivity index (χ4v) is 4.79. The maximum absolute atomic E-state index is 12.7. The Morgan fingerprint density at radius 2 is 2.15 bits per heavy atom. The molecule has 0 aromatic carbocycles. The summed E-state index contributed by atoms with van der Waals surface area (Å²) in [5.74, 6) is -0.803. The number of hydrogen-bond donors (Lipinski definition) is 2. The van der Waals surface area contributed by atoms with Crippen molar-refractivity contribution in [2.75, 3.05) is 5.32 Å². The molecule has 10 heteroatoms. The molecule has 0 spiro atoms. The Balaban J connectivity index is 2.01. The minimum Gasteiger partial charge on any atom is -0.365 e. The summed E-state index contributed by atoms with van der Waals surface area (Å²) in [6, 6.07) is 0. The highest BCUT2D eigenvalue weighted by molar-refractivity contribution is 7.17. The lowest BCUT2D eigenvalue weighted by Gasteiger charge is -2.18. The zero-order valence-corrected chi connectivity index (χ0v) is 15.5. The van der Waals surface area contributed by atoms with Gasteiger partial charge in [0.15, 0.2) is 0 Å². The van der Waals surface area contributed by atoms with Crippen LogP contribution >= 0.6 is 11.3 Å². The van der Waals surface area contributed by atoms with Gasteiger partial charge >= 0.3 is 5.69 Å². The summed E-state index contributed by atoms with van der Waals surface area (Å²) in [5, 5.41) is 18.2. The van der Waals surface area contributed by atoms with Gasteiger partial charge < -0.3 is 11.1 Å². The van der Waals surface area contributed by atoms with E-state index >= 15 is 0 Å². The molecular formula is C16H19N5O4S. The second kappa shape index (κ2) is 6.52. The lowest BCUT2D eigenvalue weighted by molar-refractivity contribution is -0.385. The summed E-state index contributed by atoms with van der Waals surface area (Å²) in [5.41, 5.74) is 6.37. The van der Waals surface area contributed by atoms with Gasteiger partial charge in [0.05, 0.1) is 10.5 Å². The molecule has 26 heavy (non-hydrogen) atoms. The van der Waals surface area contributed by atoms with Crippen LogP contribution in [0, 0.1) is 23.0 Å². The van der Waals surface area contributed by atoms with E-state index in [-0.39, 0.29) is 17.1 Å². The molecule has 3 N–H and O–H groups in total. The number of carbonyl (C=O) groups excluding carboxylic acids is 2. The molecule has 0 unspecified atom stereocenters. The van der Waals surface area contributed by atoms with Crippen molar-refractivity contribution in [2.45, 2.75) is 33.1 Å². The number of aromatic nitrogens is 2. The van der Waals surface area contributed by atoms with Crippen molar-refractivity contribution < 1.29 is 14.5 Å². The quantitative estimate of drug-likeness (QED) is 0.622. The van der Waals surface area contributed by atoms with Crippen LogP contribution < -0.4 is 11.1 Å². The molecular weight excluding hydrogens is 358 g/mol. The number of nitrogens with zero attached hydrogens (tertiary/aromatic N) is 3. The topological polar surface area (TPSA) is 133 Å². The maximum Gasteiger partial charge on any atom is 0.322 e. The summed E-state index contributed by atoms with van der Waals surface area (Å²) in [4.78, 5) is 36.3. The number of nitrogens with two attached hydrogens (primary N) is 1. The number of primary amides is 1. The molecule has 1 aliphatic rings. The SMILES string of the molecule is Cc1nn(C)c(C(=O)Nc2sc3c(c2C(N)=O)CC[C@@H](C)C3)c1[N+](=O)[O-]. The highest BCUT2D eigenvalue weighted by Crippen LogP contribution is 2.39. The molecule has 2 aromatic rings. The number of amides is 2. The first kappa shape index (κ1) is 18.1. The van der Waals surface area contributed by atoms with E-state index in [0.29, 0.717) is 16.5 Å². The van der Waals surface area contributed by atoms with Gasteiger partial charge in [0.25, 0.3) is 11.8 Å². The molecule has 0 aliphatic heterocycles. The number of hydrogen-bond acceptors (Lipinski definition) is 6. The molecule has 0 bridgehead atoms. The molecule has 3 rings (SSSR count). The molecule has 0 radical (unpaired) electrons. The Morgan fingerprint density at radius 3 is 2.77 bits per heavy atom. The number of rotatable bonds is 4. The van der Waals surface area contributed by atoms with Crippen LogP contribution in [0.3, 0.4) is 0 Å². The summed E-state index contributed by atoms with van der Waals surface area (Å²) < 4.78 is 1.17. The molecule has 2 aromatic heterocycles. The fourth-order valence-electron chi connectivity index (χ4n) is 3.38. The van der Waals surface area contributed by atoms with Gasteiger partial charge in [-0.2, -0.15) is 5.10 Å². The average Bonchev–Trinajstić information content (AvgIpc) is 3.02. The van der Waals surface area contributed by atoms with E-state index in [4.69, 9.17) is 5.73 Å². The van der Waals surface area contributed by atoms with Crippen LogP contribution in [0.5, 0.6) is 0 Å². The van der Waals surface area contributed by atoms with Crippen LogP contribution in [0.2, 0.25) is 0 Å². The second-order valence-corrected chi connectivity index (χ2v) is 7.64. The Bertz CT molecular complexity index is 930. The van der Waals surface area contributed by atoms with E-state index in [1.165, 1.54) is 30.0 Å². The van der Waals surface area contributed by atoms with E-state index in [9.17, 15) is 19.7 Å². The van der Waals surface area contributed by atoms with Gasteiger partial charge in [0, 0.05) is 11.9 Å². The van der Waals surface area contributed by atoms with E-state index in [2.05, 4.69) is 17.3 Å². The molecule has 0 saturated carbocycles. The van der Waals surface area contributed by atoms with Crippen LogP contribution in [0.4, 0.5) is 10.7 Å². The van der Waals surface area contributed by atoms with Gasteiger partial charge in [0.2, 0.25) is 5.69 Å². The normalized spacial score (nSPS) is 16.2. The van der Waals surface area contributed by atoms with Crippen molar-refractivity contribution in [3.8, 4) is 0 Å². The summed E-state index contributed by atoms with van der Waals surface area (Å²) >= 11 is 1.31. The predicted octanol–water partition coefficient (Wildman–Crippen LogP) is 2.17. The first-order valence-electron chi connectivity index (χ1n) is 8.14. The molecule has 138 valence electrons. The zero-order valence-electron chi connectivity index (χ0n) is 14.7. The molecule has 1 aliphatic carbocycles. The average molecular weight is 377 g/mol. The van der Waals surface area contributed by atoms with Gasteiger partial charge in [-0.05, 0) is 37.7 Å². The molecule has 0 saturated heterocycles. The first-order chi connectivity index (χ1) is 12.2. The van der Waals surface area contributed by atoms with Crippen molar-refractivity contribution in [1.29, 1.82) is 0 Å². The van der Waals surface area contributed by atoms with Crippen molar-refractivity contribution in [3.63, 3.8) is 0 Å². The number of nitro groups is 1. The second-order valence-electron chi connectivity index (χ2n) is 6.54. The van der Waals surface area contributed by atoms with Crippen LogP contribution in [0.15, 0.2) is 0 Å². The number of anilines is 1. The van der Waals surface area contributed by atoms with Crippen molar-refractivity contribution in [2.24, 2.45) is 18.7 Å². The highest BCUT2D eigenvalue weighted by Gasteiger charge is 2.32. The van der Waals surface area contributed by atoms with Crippen molar-refractivity contribution in [1.82, 2.24) is 9.78 Å². The Kier molecular flexibility index (Phi) is 4.53. The molecule has 9 nitrogen and oxygen atoms in total. The lowest BCUT2D eigenvalue weighted by Crippen LogP contribution is -2.21. The molecule has 2 amide bonds. The largest absolute Gasteiger partial charge is 0.365 e. The third-order valence-corrected chi connectivity index (χ3v) is 5.74. The summed E-state index contributed by atoms with van der Waals surface area (Å²) in [6.45, 7) is 3.60. The Hall–Kier alpha value is -2.75. The molecule has 1 atom stereocenters. The van der Waals surface area contributed by atoms with Crippen LogP contribution in [0.1, 0.15) is 50.3 Å². The van der Waals surface area contributed by atoms with Gasteiger partial charge in [-0.25, -0.2) is 0 Å². The van der Waals surface area contributed by atoms with Crippen molar-refractivity contribution >= 4 is 33.8 Å². The number of nitrogens with one attached hydrogen (secondary N) is 1. The smallest absolute Gasteiger partial charge is 0.322 e. The van der Waals surface area contributed by atoms with Crippen LogP contribution in [-0.2, 0) is 19.9 Å². The zero-order chi connectivity index (χ0) is 19.2. The summed E-state index contributed by atoms with van der Waals surface area (Å²) in [7, 11) is 1.46. The Morgan fingerprint density at radius 1 is 1.46 bits per heavy atom. The van der Waals surface area contributed by atoms with Crippen LogP contribution in [-0.4, -0.2) is 26.5 Å². The molecule has 2 heterocycles. The van der Waals surface area contributed by atoms with E-state index in [0.717, 1.165) is 29.7 Å². The number of fused-ring (bicyclic) bond motifs is 1. The van der Waals surface area contributed by atoms with Gasteiger partial charge in [0.1, 0.15) is 10.7 Å². The number of carbonyl (C=O) groups is 2. The number of thiophene rings is 1. The van der Waals surface area contributed by atoms with Crippen LogP contribution in [0.25, 0.3) is 0 Å². The number of aryl methyl sites for hydroxylation is 2. The minimum absolute atomic E-state index is 0.150. The van der Waals surface area contributed by atoms with Crippen molar-refractivity contribution in [3.05, 3.63) is 37.5 Å². The monoisotopic (exact) mass is 377 g/mol. The summed E-state index contributed by atoms with van der Waals surface area (Å²) in [6.07, 6.45) is 2.50. The van der Waals surface area contributed by atoms with E-state index in [1.807, 2.05) is 0 Å². The standard InChI is InChI=1S/C16H19N5O4S/c1-7-4-5-9-10(6-7)26-16(11(9)14(17)22)18-15(23)13-12(21(24)25)8(2)19-20(13)3/h7H,4-6H2,1-3H3,(H2,17,22)(H,18,23)/t7-/m1/s1.